The zero-order chi connectivity index (χ0) is 16.2. The summed E-state index contributed by atoms with van der Waals surface area (Å²) >= 11 is 5.82. The molecule has 1 heterocycles. The third-order valence-corrected chi connectivity index (χ3v) is 4.40. The molecular formula is C19H18ClNO2. The highest BCUT2D eigenvalue weighted by Crippen LogP contribution is 2.27. The number of amides is 1. The van der Waals surface area contributed by atoms with Gasteiger partial charge in [0.15, 0.2) is 5.78 Å². The van der Waals surface area contributed by atoms with E-state index in [0.29, 0.717) is 10.6 Å². The van der Waals surface area contributed by atoms with E-state index in [0.717, 1.165) is 25.1 Å². The Balaban J connectivity index is 1.64. The van der Waals surface area contributed by atoms with Gasteiger partial charge in [0.25, 0.3) is 0 Å². The van der Waals surface area contributed by atoms with Crippen molar-refractivity contribution in [3.05, 3.63) is 64.7 Å². The Kier molecular flexibility index (Phi) is 4.77. The average molecular weight is 328 g/mol. The van der Waals surface area contributed by atoms with Gasteiger partial charge in [-0.15, -0.1) is 0 Å². The molecule has 1 aliphatic rings. The molecule has 1 amide bonds. The first kappa shape index (κ1) is 15.8. The second-order valence-electron chi connectivity index (χ2n) is 5.71. The van der Waals surface area contributed by atoms with E-state index in [2.05, 4.69) is 6.07 Å². The molecule has 4 heteroatoms. The lowest BCUT2D eigenvalue weighted by Crippen LogP contribution is -2.35. The van der Waals surface area contributed by atoms with Crippen molar-refractivity contribution in [2.24, 2.45) is 0 Å². The van der Waals surface area contributed by atoms with Crippen LogP contribution in [0.5, 0.6) is 0 Å². The first-order valence-electron chi connectivity index (χ1n) is 7.82. The number of fused-ring (bicyclic) bond motifs is 1. The lowest BCUT2D eigenvalue weighted by Gasteiger charge is -2.29. The fourth-order valence-corrected chi connectivity index (χ4v) is 3.05. The second kappa shape index (κ2) is 6.97. The maximum absolute atomic E-state index is 12.5. The van der Waals surface area contributed by atoms with Gasteiger partial charge in [-0.05, 0) is 48.7 Å². The van der Waals surface area contributed by atoms with E-state index >= 15 is 0 Å². The van der Waals surface area contributed by atoms with Crippen LogP contribution >= 0.6 is 11.6 Å². The lowest BCUT2D eigenvalue weighted by molar-refractivity contribution is -0.118. The molecule has 23 heavy (non-hydrogen) atoms. The van der Waals surface area contributed by atoms with E-state index in [1.807, 2.05) is 23.1 Å². The van der Waals surface area contributed by atoms with Gasteiger partial charge in [-0.1, -0.05) is 29.8 Å². The van der Waals surface area contributed by atoms with Crippen molar-refractivity contribution in [1.82, 2.24) is 0 Å². The fourth-order valence-electron chi connectivity index (χ4n) is 2.93. The summed E-state index contributed by atoms with van der Waals surface area (Å²) in [6, 6.07) is 14.8. The molecule has 0 saturated carbocycles. The van der Waals surface area contributed by atoms with Crippen LogP contribution in [0, 0.1) is 0 Å². The number of carbonyl (C=O) groups is 2. The molecule has 0 aliphatic carbocycles. The highest BCUT2D eigenvalue weighted by molar-refractivity contribution is 6.30. The van der Waals surface area contributed by atoms with Crippen LogP contribution < -0.4 is 4.90 Å². The number of aryl methyl sites for hydroxylation is 1. The van der Waals surface area contributed by atoms with Gasteiger partial charge in [0, 0.05) is 35.7 Å². The molecule has 0 saturated heterocycles. The zero-order valence-corrected chi connectivity index (χ0v) is 13.6. The first-order chi connectivity index (χ1) is 11.1. The number of ketones is 1. The maximum atomic E-state index is 12.5. The van der Waals surface area contributed by atoms with Gasteiger partial charge in [0.05, 0.1) is 0 Å². The fraction of sp³-hybridized carbons (Fsp3) is 0.263. The highest BCUT2D eigenvalue weighted by atomic mass is 35.5. The van der Waals surface area contributed by atoms with Crippen LogP contribution in [0.4, 0.5) is 5.69 Å². The number of carbonyl (C=O) groups excluding carboxylic acids is 2. The normalized spacial score (nSPS) is 13.5. The van der Waals surface area contributed by atoms with E-state index in [1.165, 1.54) is 5.56 Å². The number of rotatable bonds is 4. The highest BCUT2D eigenvalue weighted by Gasteiger charge is 2.22. The van der Waals surface area contributed by atoms with E-state index in [4.69, 9.17) is 11.6 Å². The maximum Gasteiger partial charge on any atom is 0.227 e. The Morgan fingerprint density at radius 3 is 2.52 bits per heavy atom. The Bertz CT molecular complexity index is 724. The number of para-hydroxylation sites is 1. The van der Waals surface area contributed by atoms with Crippen LogP contribution in [0.3, 0.4) is 0 Å². The zero-order valence-electron chi connectivity index (χ0n) is 12.8. The quantitative estimate of drug-likeness (QED) is 0.786. The first-order valence-corrected chi connectivity index (χ1v) is 8.20. The van der Waals surface area contributed by atoms with Gasteiger partial charge in [-0.2, -0.15) is 0 Å². The molecule has 0 spiro atoms. The van der Waals surface area contributed by atoms with E-state index < -0.39 is 0 Å². The molecule has 0 radical (unpaired) electrons. The van der Waals surface area contributed by atoms with Crippen LogP contribution in [0.1, 0.15) is 35.2 Å². The summed E-state index contributed by atoms with van der Waals surface area (Å²) in [5.74, 6) is -0.0141. The van der Waals surface area contributed by atoms with E-state index in [9.17, 15) is 9.59 Å². The van der Waals surface area contributed by atoms with Crippen LogP contribution in [0.25, 0.3) is 0 Å². The molecule has 0 bridgehead atoms. The summed E-state index contributed by atoms with van der Waals surface area (Å²) in [6.45, 7) is 0.727. The van der Waals surface area contributed by atoms with Crippen molar-refractivity contribution in [2.45, 2.75) is 25.7 Å². The monoisotopic (exact) mass is 327 g/mol. The van der Waals surface area contributed by atoms with Crippen molar-refractivity contribution in [1.29, 1.82) is 0 Å². The van der Waals surface area contributed by atoms with Gasteiger partial charge in [0.1, 0.15) is 0 Å². The number of benzene rings is 2. The second-order valence-corrected chi connectivity index (χ2v) is 6.14. The molecule has 0 fully saturated rings. The number of halogens is 1. The molecule has 0 N–H and O–H groups in total. The Morgan fingerprint density at radius 1 is 1.00 bits per heavy atom. The van der Waals surface area contributed by atoms with E-state index in [-0.39, 0.29) is 24.5 Å². The van der Waals surface area contributed by atoms with Crippen LogP contribution in [-0.2, 0) is 11.2 Å². The predicted octanol–water partition coefficient (Wildman–Crippen LogP) is 4.28. The third kappa shape index (κ3) is 3.62. The van der Waals surface area contributed by atoms with E-state index in [1.54, 1.807) is 24.3 Å². The molecule has 3 nitrogen and oxygen atoms in total. The summed E-state index contributed by atoms with van der Waals surface area (Å²) < 4.78 is 0. The summed E-state index contributed by atoms with van der Waals surface area (Å²) in [7, 11) is 0. The average Bonchev–Trinajstić information content (AvgIpc) is 2.59. The van der Waals surface area contributed by atoms with Crippen LogP contribution in [-0.4, -0.2) is 18.2 Å². The molecule has 3 rings (SSSR count). The Hall–Kier alpha value is -2.13. The van der Waals surface area contributed by atoms with Crippen molar-refractivity contribution < 1.29 is 9.59 Å². The number of hydrogen-bond acceptors (Lipinski definition) is 2. The van der Waals surface area contributed by atoms with Gasteiger partial charge < -0.3 is 4.90 Å². The molecule has 2 aromatic rings. The molecule has 0 aromatic heterocycles. The van der Waals surface area contributed by atoms with Crippen molar-refractivity contribution in [3.8, 4) is 0 Å². The third-order valence-electron chi connectivity index (χ3n) is 4.14. The molecule has 2 aromatic carbocycles. The molecule has 1 aliphatic heterocycles. The molecule has 0 unspecified atom stereocenters. The SMILES string of the molecule is O=C(CCC(=O)N1CCCc2ccccc21)c1ccc(Cl)cc1. The van der Waals surface area contributed by atoms with Crippen LogP contribution in [0.15, 0.2) is 48.5 Å². The van der Waals surface area contributed by atoms with Crippen molar-refractivity contribution in [3.63, 3.8) is 0 Å². The predicted molar refractivity (Wildman–Crippen MR) is 92.1 cm³/mol. The number of nitrogens with zero attached hydrogens (tertiary/aromatic N) is 1. The Morgan fingerprint density at radius 2 is 1.74 bits per heavy atom. The topological polar surface area (TPSA) is 37.4 Å². The molecule has 118 valence electrons. The number of hydrogen-bond donors (Lipinski definition) is 0. The molecule has 0 atom stereocenters. The summed E-state index contributed by atoms with van der Waals surface area (Å²) in [4.78, 5) is 26.5. The minimum Gasteiger partial charge on any atom is -0.312 e. The van der Waals surface area contributed by atoms with Crippen molar-refractivity contribution in [2.75, 3.05) is 11.4 Å². The van der Waals surface area contributed by atoms with Crippen molar-refractivity contribution >= 4 is 29.0 Å². The lowest BCUT2D eigenvalue weighted by atomic mass is 10.0. The Labute approximate surface area is 140 Å². The smallest absolute Gasteiger partial charge is 0.227 e. The van der Waals surface area contributed by atoms with Crippen LogP contribution in [0.2, 0.25) is 5.02 Å². The minimum atomic E-state index is -0.0275. The summed E-state index contributed by atoms with van der Waals surface area (Å²) in [5, 5.41) is 0.600. The van der Waals surface area contributed by atoms with Gasteiger partial charge in [0.2, 0.25) is 5.91 Å². The van der Waals surface area contributed by atoms with Gasteiger partial charge >= 0.3 is 0 Å². The molecular weight excluding hydrogens is 310 g/mol. The number of Topliss-reactive ketones (excluding diaryl/α,β-unsaturated/α-hetero) is 1. The summed E-state index contributed by atoms with van der Waals surface area (Å²) in [5.41, 5.74) is 2.79. The number of anilines is 1. The van der Waals surface area contributed by atoms with Gasteiger partial charge in [-0.3, -0.25) is 9.59 Å². The van der Waals surface area contributed by atoms with Gasteiger partial charge in [-0.25, -0.2) is 0 Å². The largest absolute Gasteiger partial charge is 0.312 e. The minimum absolute atomic E-state index is 0.0134. The standard InChI is InChI=1S/C19H18ClNO2/c20-16-9-7-15(8-10-16)18(22)11-12-19(23)21-13-3-5-14-4-1-2-6-17(14)21/h1-2,4,6-10H,3,5,11-13H2. The summed E-state index contributed by atoms with van der Waals surface area (Å²) in [6.07, 6.45) is 2.42.